The van der Waals surface area contributed by atoms with Gasteiger partial charge in [-0.1, -0.05) is 50.5 Å². The average Bonchev–Trinajstić information content (AvgIpc) is 2.18. The van der Waals surface area contributed by atoms with Gasteiger partial charge in [0.1, 0.15) is 0 Å². The first-order valence-corrected chi connectivity index (χ1v) is 5.56. The predicted octanol–water partition coefficient (Wildman–Crippen LogP) is 4.00. The maximum atomic E-state index is 6.14. The third-order valence-corrected chi connectivity index (χ3v) is 2.71. The topological polar surface area (TPSA) is 26.0 Å². The lowest BCUT2D eigenvalue weighted by atomic mass is 9.97. The number of halogens is 1. The molecule has 2 heteroatoms. The highest BCUT2D eigenvalue weighted by Gasteiger charge is 2.06. The van der Waals surface area contributed by atoms with Gasteiger partial charge < -0.3 is 5.73 Å². The van der Waals surface area contributed by atoms with Crippen molar-refractivity contribution in [2.75, 3.05) is 0 Å². The highest BCUT2D eigenvalue weighted by atomic mass is 35.5. The first kappa shape index (κ1) is 14.5. The Morgan fingerprint density at radius 2 is 1.87 bits per heavy atom. The van der Waals surface area contributed by atoms with Gasteiger partial charge in [0, 0.05) is 6.04 Å². The van der Waals surface area contributed by atoms with Crippen LogP contribution in [0.2, 0.25) is 0 Å². The zero-order valence-corrected chi connectivity index (χ0v) is 10.5. The molecular formula is C13H22ClN. The van der Waals surface area contributed by atoms with Crippen LogP contribution in [-0.4, -0.2) is 0 Å². The van der Waals surface area contributed by atoms with E-state index in [0.29, 0.717) is 0 Å². The van der Waals surface area contributed by atoms with Gasteiger partial charge in [-0.15, -0.1) is 12.4 Å². The molecule has 1 nitrogen and oxygen atoms in total. The fourth-order valence-electron chi connectivity index (χ4n) is 1.77. The molecule has 86 valence electrons. The normalized spacial score (nSPS) is 11.9. The van der Waals surface area contributed by atoms with Crippen molar-refractivity contribution in [1.29, 1.82) is 0 Å². The van der Waals surface area contributed by atoms with Crippen LogP contribution in [0.5, 0.6) is 0 Å². The Morgan fingerprint density at radius 1 is 1.20 bits per heavy atom. The van der Waals surface area contributed by atoms with Crippen molar-refractivity contribution in [2.45, 2.75) is 45.6 Å². The maximum absolute atomic E-state index is 6.14. The van der Waals surface area contributed by atoms with E-state index in [2.05, 4.69) is 38.1 Å². The number of unbranched alkanes of at least 4 members (excludes halogenated alkanes) is 2. The molecule has 0 amide bonds. The fourth-order valence-corrected chi connectivity index (χ4v) is 1.77. The van der Waals surface area contributed by atoms with Gasteiger partial charge in [-0.3, -0.25) is 0 Å². The molecule has 0 aliphatic rings. The zero-order valence-electron chi connectivity index (χ0n) is 9.70. The van der Waals surface area contributed by atoms with Crippen molar-refractivity contribution in [3.05, 3.63) is 35.4 Å². The van der Waals surface area contributed by atoms with Crippen molar-refractivity contribution in [1.82, 2.24) is 0 Å². The molecule has 0 aliphatic heterocycles. The summed E-state index contributed by atoms with van der Waals surface area (Å²) in [6, 6.07) is 8.64. The van der Waals surface area contributed by atoms with Crippen LogP contribution < -0.4 is 5.73 Å². The predicted molar refractivity (Wildman–Crippen MR) is 69.5 cm³/mol. The summed E-state index contributed by atoms with van der Waals surface area (Å²) in [7, 11) is 0. The number of rotatable bonds is 5. The highest BCUT2D eigenvalue weighted by Crippen LogP contribution is 2.20. The number of aryl methyl sites for hydroxylation is 1. The maximum Gasteiger partial charge on any atom is 0.0297 e. The molecule has 1 aromatic rings. The molecular weight excluding hydrogens is 206 g/mol. The summed E-state index contributed by atoms with van der Waals surface area (Å²) < 4.78 is 0. The highest BCUT2D eigenvalue weighted by molar-refractivity contribution is 5.85. The Hall–Kier alpha value is -0.530. The van der Waals surface area contributed by atoms with E-state index in [1.165, 1.54) is 30.4 Å². The van der Waals surface area contributed by atoms with Gasteiger partial charge in [-0.2, -0.15) is 0 Å². The summed E-state index contributed by atoms with van der Waals surface area (Å²) in [5, 5.41) is 0. The van der Waals surface area contributed by atoms with E-state index in [1.54, 1.807) is 0 Å². The summed E-state index contributed by atoms with van der Waals surface area (Å²) in [4.78, 5) is 0. The molecule has 0 saturated carbocycles. The van der Waals surface area contributed by atoms with Crippen LogP contribution >= 0.6 is 12.4 Å². The van der Waals surface area contributed by atoms with Crippen LogP contribution in [0.25, 0.3) is 0 Å². The van der Waals surface area contributed by atoms with E-state index in [1.807, 2.05) is 0 Å². The molecule has 0 saturated heterocycles. The van der Waals surface area contributed by atoms with E-state index < -0.39 is 0 Å². The Morgan fingerprint density at radius 3 is 2.47 bits per heavy atom. The van der Waals surface area contributed by atoms with Crippen LogP contribution in [0.15, 0.2) is 24.3 Å². The van der Waals surface area contributed by atoms with Gasteiger partial charge in [0.05, 0.1) is 0 Å². The number of hydrogen-bond acceptors (Lipinski definition) is 1. The Balaban J connectivity index is 0.00000196. The van der Waals surface area contributed by atoms with Crippen molar-refractivity contribution < 1.29 is 0 Å². The van der Waals surface area contributed by atoms with Gasteiger partial charge in [0.2, 0.25) is 0 Å². The number of hydrogen-bond donors (Lipinski definition) is 1. The van der Waals surface area contributed by atoms with E-state index in [-0.39, 0.29) is 18.4 Å². The summed E-state index contributed by atoms with van der Waals surface area (Å²) in [6.07, 6.45) is 4.91. The summed E-state index contributed by atoms with van der Waals surface area (Å²) in [5.41, 5.74) is 8.76. The molecule has 0 heterocycles. The molecule has 15 heavy (non-hydrogen) atoms. The summed E-state index contributed by atoms with van der Waals surface area (Å²) in [6.45, 7) is 4.36. The third-order valence-electron chi connectivity index (χ3n) is 2.71. The van der Waals surface area contributed by atoms with Gasteiger partial charge in [-0.05, 0) is 24.5 Å². The van der Waals surface area contributed by atoms with Crippen molar-refractivity contribution in [3.8, 4) is 0 Å². The van der Waals surface area contributed by atoms with Gasteiger partial charge in [0.15, 0.2) is 0 Å². The Bertz CT molecular complexity index is 273. The fraction of sp³-hybridized carbons (Fsp3) is 0.538. The van der Waals surface area contributed by atoms with Crippen LogP contribution in [0, 0.1) is 6.92 Å². The van der Waals surface area contributed by atoms with Crippen molar-refractivity contribution in [3.63, 3.8) is 0 Å². The Kier molecular flexibility index (Phi) is 7.45. The smallest absolute Gasteiger partial charge is 0.0297 e. The largest absolute Gasteiger partial charge is 0.324 e. The van der Waals surface area contributed by atoms with Crippen LogP contribution in [-0.2, 0) is 0 Å². The lowest BCUT2D eigenvalue weighted by Gasteiger charge is -2.14. The first-order valence-electron chi connectivity index (χ1n) is 5.56. The standard InChI is InChI=1S/C13H21N.ClH/c1-3-4-5-10-13(14)12-9-7-6-8-11(12)2;/h6-9,13H,3-5,10,14H2,1-2H3;1H/t13-;/m0./s1. The SMILES string of the molecule is CCCCC[C@H](N)c1ccccc1C.Cl. The molecule has 0 bridgehead atoms. The molecule has 1 rings (SSSR count). The lowest BCUT2D eigenvalue weighted by Crippen LogP contribution is -2.11. The quantitative estimate of drug-likeness (QED) is 0.757. The van der Waals surface area contributed by atoms with Crippen LogP contribution in [0.1, 0.15) is 49.8 Å². The monoisotopic (exact) mass is 227 g/mol. The molecule has 0 spiro atoms. The van der Waals surface area contributed by atoms with Crippen molar-refractivity contribution in [2.24, 2.45) is 5.73 Å². The molecule has 1 atom stereocenters. The van der Waals surface area contributed by atoms with Crippen LogP contribution in [0.3, 0.4) is 0 Å². The number of benzene rings is 1. The molecule has 1 aromatic carbocycles. The molecule has 0 fully saturated rings. The van der Waals surface area contributed by atoms with Gasteiger partial charge in [0.25, 0.3) is 0 Å². The molecule has 0 aliphatic carbocycles. The minimum Gasteiger partial charge on any atom is -0.324 e. The minimum atomic E-state index is 0. The first-order chi connectivity index (χ1) is 6.75. The third kappa shape index (κ3) is 4.67. The Labute approximate surface area is 99.5 Å². The van der Waals surface area contributed by atoms with E-state index in [4.69, 9.17) is 5.73 Å². The molecule has 0 unspecified atom stereocenters. The number of nitrogens with two attached hydrogens (primary N) is 1. The average molecular weight is 228 g/mol. The zero-order chi connectivity index (χ0) is 10.4. The second-order valence-corrected chi connectivity index (χ2v) is 3.96. The second kappa shape index (κ2) is 7.72. The molecule has 0 radical (unpaired) electrons. The lowest BCUT2D eigenvalue weighted by molar-refractivity contribution is 0.579. The van der Waals surface area contributed by atoms with E-state index in [0.717, 1.165) is 6.42 Å². The minimum absolute atomic E-state index is 0. The molecule has 2 N–H and O–H groups in total. The van der Waals surface area contributed by atoms with Crippen LogP contribution in [0.4, 0.5) is 0 Å². The van der Waals surface area contributed by atoms with E-state index in [9.17, 15) is 0 Å². The summed E-state index contributed by atoms with van der Waals surface area (Å²) in [5.74, 6) is 0. The second-order valence-electron chi connectivity index (χ2n) is 3.96. The van der Waals surface area contributed by atoms with Gasteiger partial charge in [-0.25, -0.2) is 0 Å². The van der Waals surface area contributed by atoms with E-state index >= 15 is 0 Å². The van der Waals surface area contributed by atoms with Crippen molar-refractivity contribution >= 4 is 12.4 Å². The molecule has 0 aromatic heterocycles. The summed E-state index contributed by atoms with van der Waals surface area (Å²) >= 11 is 0. The van der Waals surface area contributed by atoms with Gasteiger partial charge >= 0.3 is 0 Å².